The largest absolute Gasteiger partial charge is 0.495 e. The molecule has 29 heavy (non-hydrogen) atoms. The first-order valence-corrected chi connectivity index (χ1v) is 11.7. The number of carbonyl (C=O) groups is 2. The fourth-order valence-corrected chi connectivity index (χ4v) is 4.10. The maximum absolute atomic E-state index is 11.8. The highest BCUT2D eigenvalue weighted by atomic mass is 32.2. The monoisotopic (exact) mass is 440 g/mol. The number of hydrogen-bond donors (Lipinski definition) is 3. The Morgan fingerprint density at radius 2 is 1.90 bits per heavy atom. The molecule has 0 aromatic heterocycles. The zero-order valence-corrected chi connectivity index (χ0v) is 18.8. The molecule has 2 rings (SSSR count). The van der Waals surface area contributed by atoms with Gasteiger partial charge < -0.3 is 20.3 Å². The summed E-state index contributed by atoms with van der Waals surface area (Å²) in [5.74, 6) is 2.60. The first-order chi connectivity index (χ1) is 14.1. The van der Waals surface area contributed by atoms with Crippen LogP contribution in [0.2, 0.25) is 0 Å². The molecule has 0 radical (unpaired) electrons. The minimum Gasteiger partial charge on any atom is -0.495 e. The van der Waals surface area contributed by atoms with Crippen LogP contribution in [0.1, 0.15) is 6.42 Å². The number of nitrogens with one attached hydrogen (secondary N) is 2. The van der Waals surface area contributed by atoms with E-state index in [0.29, 0.717) is 12.3 Å². The zero-order chi connectivity index (χ0) is 20.9. The zero-order valence-electron chi connectivity index (χ0n) is 17.1. The molecule has 1 aromatic rings. The van der Waals surface area contributed by atoms with Gasteiger partial charge in [0.1, 0.15) is 5.75 Å². The lowest BCUT2D eigenvalue weighted by atomic mass is 10.2. The summed E-state index contributed by atoms with van der Waals surface area (Å²) in [7, 11) is 1.71. The van der Waals surface area contributed by atoms with Crippen LogP contribution >= 0.6 is 24.4 Å². The van der Waals surface area contributed by atoms with E-state index >= 15 is 0 Å². The van der Waals surface area contributed by atoms with Gasteiger partial charge in [0.15, 0.2) is 0 Å². The second-order valence-electron chi connectivity index (χ2n) is 6.76. The number of carbonyl (C=O) groups excluding carboxylic acids is 2. The summed E-state index contributed by atoms with van der Waals surface area (Å²) in [6.07, 6.45) is 0.895. The van der Waals surface area contributed by atoms with Gasteiger partial charge in [0.05, 0.1) is 25.1 Å². The third-order valence-electron chi connectivity index (χ3n) is 4.69. The number of methoxy groups -OCH3 is 1. The molecular formula is C20H32N4O3S2. The molecule has 0 spiro atoms. The van der Waals surface area contributed by atoms with Gasteiger partial charge in [0.2, 0.25) is 11.8 Å². The quantitative estimate of drug-likeness (QED) is 0.334. The minimum absolute atomic E-state index is 0.0395. The number of thiol groups is 1. The van der Waals surface area contributed by atoms with Gasteiger partial charge in [-0.3, -0.25) is 14.5 Å². The van der Waals surface area contributed by atoms with Gasteiger partial charge in [-0.1, -0.05) is 12.1 Å². The third-order valence-corrected chi connectivity index (χ3v) is 6.17. The van der Waals surface area contributed by atoms with Crippen LogP contribution in [-0.4, -0.2) is 86.9 Å². The highest BCUT2D eigenvalue weighted by Gasteiger charge is 2.19. The second kappa shape index (κ2) is 13.6. The van der Waals surface area contributed by atoms with Crippen molar-refractivity contribution in [3.8, 4) is 5.75 Å². The highest BCUT2D eigenvalue weighted by Crippen LogP contribution is 2.28. The van der Waals surface area contributed by atoms with Crippen LogP contribution in [0.4, 0.5) is 5.69 Å². The first kappa shape index (κ1) is 23.7. The molecule has 0 atom stereocenters. The van der Waals surface area contributed by atoms with Gasteiger partial charge in [0.25, 0.3) is 0 Å². The maximum Gasteiger partial charge on any atom is 0.239 e. The van der Waals surface area contributed by atoms with E-state index in [1.807, 2.05) is 18.2 Å². The van der Waals surface area contributed by atoms with E-state index in [2.05, 4.69) is 39.1 Å². The van der Waals surface area contributed by atoms with Gasteiger partial charge in [-0.25, -0.2) is 0 Å². The fourth-order valence-electron chi connectivity index (χ4n) is 3.16. The van der Waals surface area contributed by atoms with E-state index in [1.165, 1.54) is 11.8 Å². The Kier molecular flexibility index (Phi) is 11.1. The molecule has 162 valence electrons. The third kappa shape index (κ3) is 8.76. The number of nitrogens with zero attached hydrogens (tertiary/aromatic N) is 2. The summed E-state index contributed by atoms with van der Waals surface area (Å²) < 4.78 is 5.46. The summed E-state index contributed by atoms with van der Waals surface area (Å²) in [5.41, 5.74) is 1.15. The summed E-state index contributed by atoms with van der Waals surface area (Å²) >= 11 is 5.61. The SMILES string of the molecule is COc1ccccc1N1CCN(CCCNC(=O)CNC(=O)CSCCS)CC1. The molecule has 0 unspecified atom stereocenters. The van der Waals surface area contributed by atoms with Crippen molar-refractivity contribution in [2.75, 3.05) is 75.1 Å². The standard InChI is InChI=1S/C20H32N4O3S2/c1-27-18-6-3-2-5-17(18)24-11-9-23(10-12-24)8-4-7-21-19(25)15-22-20(26)16-29-14-13-28/h2-3,5-6,28H,4,7-16H2,1H3,(H,21,25)(H,22,26). The summed E-state index contributed by atoms with van der Waals surface area (Å²) in [6.45, 7) is 5.52. The average Bonchev–Trinajstić information content (AvgIpc) is 2.76. The van der Waals surface area contributed by atoms with Crippen LogP contribution in [0.25, 0.3) is 0 Å². The summed E-state index contributed by atoms with van der Waals surface area (Å²) in [6, 6.07) is 8.12. The Labute approximate surface area is 183 Å². The van der Waals surface area contributed by atoms with Crippen LogP contribution in [0.3, 0.4) is 0 Å². The Morgan fingerprint density at radius 1 is 1.14 bits per heavy atom. The van der Waals surface area contributed by atoms with Gasteiger partial charge in [-0.15, -0.1) is 0 Å². The van der Waals surface area contributed by atoms with Crippen LogP contribution in [0.5, 0.6) is 5.75 Å². The predicted octanol–water partition coefficient (Wildman–Crippen LogP) is 1.10. The molecular weight excluding hydrogens is 408 g/mol. The number of para-hydroxylation sites is 2. The minimum atomic E-state index is -0.140. The second-order valence-corrected chi connectivity index (χ2v) is 8.31. The lowest BCUT2D eigenvalue weighted by molar-refractivity contribution is -0.124. The van der Waals surface area contributed by atoms with E-state index < -0.39 is 0 Å². The molecule has 0 saturated carbocycles. The molecule has 1 aliphatic rings. The van der Waals surface area contributed by atoms with E-state index in [-0.39, 0.29) is 18.4 Å². The van der Waals surface area contributed by atoms with E-state index in [0.717, 1.165) is 62.1 Å². The Bertz CT molecular complexity index is 640. The van der Waals surface area contributed by atoms with Crippen LogP contribution in [0, 0.1) is 0 Å². The van der Waals surface area contributed by atoms with Gasteiger partial charge >= 0.3 is 0 Å². The number of anilines is 1. The lowest BCUT2D eigenvalue weighted by Gasteiger charge is -2.36. The number of thioether (sulfide) groups is 1. The van der Waals surface area contributed by atoms with Crippen LogP contribution < -0.4 is 20.3 Å². The van der Waals surface area contributed by atoms with Crippen molar-refractivity contribution in [3.05, 3.63) is 24.3 Å². The Hall–Kier alpha value is -1.58. The molecule has 1 fully saturated rings. The molecule has 9 heteroatoms. The van der Waals surface area contributed by atoms with E-state index in [9.17, 15) is 9.59 Å². The van der Waals surface area contributed by atoms with Crippen molar-refractivity contribution >= 4 is 41.9 Å². The molecule has 0 aliphatic carbocycles. The predicted molar refractivity (Wildman–Crippen MR) is 123 cm³/mol. The van der Waals surface area contributed by atoms with E-state index in [4.69, 9.17) is 4.74 Å². The Balaban J connectivity index is 1.55. The summed E-state index contributed by atoms with van der Waals surface area (Å²) in [4.78, 5) is 28.2. The molecule has 1 aromatic carbocycles. The molecule has 1 heterocycles. The van der Waals surface area contributed by atoms with Crippen molar-refractivity contribution < 1.29 is 14.3 Å². The first-order valence-electron chi connectivity index (χ1n) is 9.96. The van der Waals surface area contributed by atoms with Crippen LogP contribution in [0.15, 0.2) is 24.3 Å². The Morgan fingerprint density at radius 3 is 2.62 bits per heavy atom. The maximum atomic E-state index is 11.8. The van der Waals surface area contributed by atoms with Crippen molar-refractivity contribution in [2.24, 2.45) is 0 Å². The number of rotatable bonds is 12. The number of hydrogen-bond acceptors (Lipinski definition) is 7. The number of ether oxygens (including phenoxy) is 1. The number of amides is 2. The molecule has 0 bridgehead atoms. The van der Waals surface area contributed by atoms with Crippen LogP contribution in [-0.2, 0) is 9.59 Å². The average molecular weight is 441 g/mol. The van der Waals surface area contributed by atoms with Crippen molar-refractivity contribution in [3.63, 3.8) is 0 Å². The van der Waals surface area contributed by atoms with Gasteiger partial charge in [-0.2, -0.15) is 24.4 Å². The topological polar surface area (TPSA) is 73.9 Å². The van der Waals surface area contributed by atoms with Crippen molar-refractivity contribution in [2.45, 2.75) is 6.42 Å². The molecule has 7 nitrogen and oxygen atoms in total. The smallest absolute Gasteiger partial charge is 0.239 e. The number of piperazine rings is 1. The molecule has 1 saturated heterocycles. The molecule has 1 aliphatic heterocycles. The molecule has 2 amide bonds. The summed E-state index contributed by atoms with van der Waals surface area (Å²) in [5, 5.41) is 5.51. The van der Waals surface area contributed by atoms with Gasteiger partial charge in [0, 0.05) is 38.5 Å². The highest BCUT2D eigenvalue weighted by molar-refractivity contribution is 8.00. The van der Waals surface area contributed by atoms with Gasteiger partial charge in [-0.05, 0) is 30.9 Å². The normalized spacial score (nSPS) is 14.5. The van der Waals surface area contributed by atoms with Crippen molar-refractivity contribution in [1.82, 2.24) is 15.5 Å². The lowest BCUT2D eigenvalue weighted by Crippen LogP contribution is -2.47. The molecule has 2 N–H and O–H groups in total. The van der Waals surface area contributed by atoms with E-state index in [1.54, 1.807) is 7.11 Å². The number of benzene rings is 1. The van der Waals surface area contributed by atoms with Crippen molar-refractivity contribution in [1.29, 1.82) is 0 Å². The fraction of sp³-hybridized carbons (Fsp3) is 0.600.